The number of aromatic nitrogens is 1. The van der Waals surface area contributed by atoms with Gasteiger partial charge in [-0.15, -0.1) is 0 Å². The zero-order chi connectivity index (χ0) is 12.3. The monoisotopic (exact) mass is 235 g/mol. The van der Waals surface area contributed by atoms with Crippen LogP contribution in [-0.4, -0.2) is 41.2 Å². The van der Waals surface area contributed by atoms with Crippen LogP contribution in [0.3, 0.4) is 0 Å². The van der Waals surface area contributed by atoms with Crippen LogP contribution in [0.25, 0.3) is 11.1 Å². The van der Waals surface area contributed by atoms with Gasteiger partial charge in [0.25, 0.3) is 0 Å². The molecule has 92 valence electrons. The smallest absolute Gasteiger partial charge is 0.181 e. The first-order valence-corrected chi connectivity index (χ1v) is 5.56. The Bertz CT molecular complexity index is 483. The van der Waals surface area contributed by atoms with Gasteiger partial charge in [0.1, 0.15) is 5.52 Å². The number of aliphatic hydroxyl groups excluding tert-OH is 1. The molecule has 5 nitrogen and oxygen atoms in total. The van der Waals surface area contributed by atoms with Gasteiger partial charge in [0.05, 0.1) is 6.61 Å². The fourth-order valence-electron chi connectivity index (χ4n) is 1.83. The van der Waals surface area contributed by atoms with Crippen molar-refractivity contribution in [1.29, 1.82) is 0 Å². The van der Waals surface area contributed by atoms with E-state index >= 15 is 0 Å². The van der Waals surface area contributed by atoms with Gasteiger partial charge in [0.2, 0.25) is 0 Å². The fraction of sp³-hybridized carbons (Fsp3) is 0.417. The highest BCUT2D eigenvalue weighted by atomic mass is 16.3. The lowest BCUT2D eigenvalue weighted by Crippen LogP contribution is -2.37. The molecule has 0 aliphatic rings. The summed E-state index contributed by atoms with van der Waals surface area (Å²) in [7, 11) is 1.97. The lowest BCUT2D eigenvalue weighted by Gasteiger charge is -2.19. The number of oxazole rings is 1. The number of rotatable bonds is 5. The van der Waals surface area contributed by atoms with Crippen LogP contribution in [0.5, 0.6) is 0 Å². The van der Waals surface area contributed by atoms with Crippen LogP contribution in [0.2, 0.25) is 0 Å². The van der Waals surface area contributed by atoms with Crippen LogP contribution in [-0.2, 0) is 6.54 Å². The zero-order valence-corrected chi connectivity index (χ0v) is 9.84. The van der Waals surface area contributed by atoms with E-state index in [0.717, 1.165) is 23.2 Å². The standard InChI is InChI=1S/C12H17N3O2/c1-15(6-10(13)7-16)5-9-2-3-11-12(4-9)17-8-14-11/h2-4,8,10,16H,5-7,13H2,1H3. The predicted octanol–water partition coefficient (Wildman–Crippen LogP) is 0.579. The van der Waals surface area contributed by atoms with Crippen molar-refractivity contribution in [3.05, 3.63) is 30.2 Å². The average molecular weight is 235 g/mol. The summed E-state index contributed by atoms with van der Waals surface area (Å²) in [6, 6.07) is 5.73. The molecule has 0 aliphatic carbocycles. The van der Waals surface area contributed by atoms with Crippen LogP contribution >= 0.6 is 0 Å². The molecule has 1 heterocycles. The maximum Gasteiger partial charge on any atom is 0.181 e. The van der Waals surface area contributed by atoms with E-state index in [1.54, 1.807) is 0 Å². The van der Waals surface area contributed by atoms with Crippen LogP contribution in [0.4, 0.5) is 0 Å². The van der Waals surface area contributed by atoms with Crippen LogP contribution in [0, 0.1) is 0 Å². The van der Waals surface area contributed by atoms with Gasteiger partial charge < -0.3 is 20.2 Å². The van der Waals surface area contributed by atoms with Crippen molar-refractivity contribution >= 4 is 11.1 Å². The maximum absolute atomic E-state index is 8.89. The number of benzene rings is 1. The molecule has 2 rings (SSSR count). The fourth-order valence-corrected chi connectivity index (χ4v) is 1.83. The molecule has 1 aromatic heterocycles. The summed E-state index contributed by atoms with van der Waals surface area (Å²) in [5, 5.41) is 8.89. The molecule has 0 spiro atoms. The van der Waals surface area contributed by atoms with Gasteiger partial charge in [-0.1, -0.05) is 6.07 Å². The van der Waals surface area contributed by atoms with Crippen molar-refractivity contribution < 1.29 is 9.52 Å². The Labute approximate surface area is 99.8 Å². The van der Waals surface area contributed by atoms with E-state index in [-0.39, 0.29) is 12.6 Å². The van der Waals surface area contributed by atoms with E-state index in [1.165, 1.54) is 6.39 Å². The molecular formula is C12H17N3O2. The number of hydrogen-bond acceptors (Lipinski definition) is 5. The van der Waals surface area contributed by atoms with E-state index in [0.29, 0.717) is 6.54 Å². The number of fused-ring (bicyclic) bond motifs is 1. The van der Waals surface area contributed by atoms with E-state index in [4.69, 9.17) is 15.3 Å². The topological polar surface area (TPSA) is 75.5 Å². The first kappa shape index (κ1) is 12.0. The molecule has 1 unspecified atom stereocenters. The SMILES string of the molecule is CN(Cc1ccc2ncoc2c1)CC(N)CO. The van der Waals surface area contributed by atoms with Gasteiger partial charge in [-0.3, -0.25) is 0 Å². The number of nitrogens with two attached hydrogens (primary N) is 1. The summed E-state index contributed by atoms with van der Waals surface area (Å²) < 4.78 is 5.25. The molecule has 5 heteroatoms. The Morgan fingerprint density at radius 2 is 2.35 bits per heavy atom. The van der Waals surface area contributed by atoms with Crippen molar-refractivity contribution in [3.8, 4) is 0 Å². The second kappa shape index (κ2) is 5.27. The molecular weight excluding hydrogens is 218 g/mol. The minimum absolute atomic E-state index is 0.00544. The minimum Gasteiger partial charge on any atom is -0.443 e. The van der Waals surface area contributed by atoms with Gasteiger partial charge in [-0.25, -0.2) is 4.98 Å². The number of likely N-dealkylation sites (N-methyl/N-ethyl adjacent to an activating group) is 1. The van der Waals surface area contributed by atoms with Crippen molar-refractivity contribution in [1.82, 2.24) is 9.88 Å². The van der Waals surface area contributed by atoms with Gasteiger partial charge in [-0.05, 0) is 24.7 Å². The number of nitrogens with zero attached hydrogens (tertiary/aromatic N) is 2. The number of aliphatic hydroxyl groups is 1. The van der Waals surface area contributed by atoms with Crippen molar-refractivity contribution in [2.45, 2.75) is 12.6 Å². The molecule has 1 aromatic carbocycles. The summed E-state index contributed by atoms with van der Waals surface area (Å²) in [5.74, 6) is 0. The van der Waals surface area contributed by atoms with E-state index in [1.807, 2.05) is 25.2 Å². The highest BCUT2D eigenvalue weighted by Crippen LogP contribution is 2.15. The molecule has 2 aromatic rings. The molecule has 0 saturated carbocycles. The molecule has 0 radical (unpaired) electrons. The predicted molar refractivity (Wildman–Crippen MR) is 65.4 cm³/mol. The van der Waals surface area contributed by atoms with Crippen LogP contribution in [0.1, 0.15) is 5.56 Å². The Hall–Kier alpha value is -1.43. The Balaban J connectivity index is 2.02. The van der Waals surface area contributed by atoms with Crippen LogP contribution in [0.15, 0.2) is 29.0 Å². The van der Waals surface area contributed by atoms with Gasteiger partial charge >= 0.3 is 0 Å². The summed E-state index contributed by atoms with van der Waals surface area (Å²) in [5.41, 5.74) is 8.48. The number of hydrogen-bond donors (Lipinski definition) is 2. The summed E-state index contributed by atoms with van der Waals surface area (Å²) >= 11 is 0. The lowest BCUT2D eigenvalue weighted by molar-refractivity contribution is 0.218. The molecule has 0 aliphatic heterocycles. The minimum atomic E-state index is -0.200. The lowest BCUT2D eigenvalue weighted by atomic mass is 10.2. The Morgan fingerprint density at radius 1 is 1.53 bits per heavy atom. The van der Waals surface area contributed by atoms with Gasteiger partial charge in [0.15, 0.2) is 12.0 Å². The first-order valence-electron chi connectivity index (χ1n) is 5.56. The molecule has 0 saturated heterocycles. The molecule has 3 N–H and O–H groups in total. The Morgan fingerprint density at radius 3 is 3.12 bits per heavy atom. The molecule has 0 fully saturated rings. The summed E-state index contributed by atoms with van der Waals surface area (Å²) in [6.07, 6.45) is 1.44. The summed E-state index contributed by atoms with van der Waals surface area (Å²) in [6.45, 7) is 1.43. The zero-order valence-electron chi connectivity index (χ0n) is 9.84. The summed E-state index contributed by atoms with van der Waals surface area (Å²) in [4.78, 5) is 6.14. The quantitative estimate of drug-likeness (QED) is 0.792. The molecule has 17 heavy (non-hydrogen) atoms. The molecule has 1 atom stereocenters. The normalized spacial score (nSPS) is 13.4. The van der Waals surface area contributed by atoms with E-state index < -0.39 is 0 Å². The average Bonchev–Trinajstić information content (AvgIpc) is 2.75. The van der Waals surface area contributed by atoms with Crippen molar-refractivity contribution in [2.24, 2.45) is 5.73 Å². The van der Waals surface area contributed by atoms with Crippen LogP contribution < -0.4 is 5.73 Å². The van der Waals surface area contributed by atoms with Crippen molar-refractivity contribution in [2.75, 3.05) is 20.2 Å². The molecule has 0 amide bonds. The van der Waals surface area contributed by atoms with Gasteiger partial charge in [-0.2, -0.15) is 0 Å². The largest absolute Gasteiger partial charge is 0.443 e. The van der Waals surface area contributed by atoms with Gasteiger partial charge in [0, 0.05) is 19.1 Å². The highest BCUT2D eigenvalue weighted by molar-refractivity contribution is 5.72. The van der Waals surface area contributed by atoms with E-state index in [2.05, 4.69) is 9.88 Å². The molecule has 0 bridgehead atoms. The third-order valence-electron chi connectivity index (χ3n) is 2.63. The van der Waals surface area contributed by atoms with Crippen molar-refractivity contribution in [3.63, 3.8) is 0 Å². The second-order valence-corrected chi connectivity index (χ2v) is 4.29. The Kier molecular flexibility index (Phi) is 3.73. The first-order chi connectivity index (χ1) is 8.19. The third-order valence-corrected chi connectivity index (χ3v) is 2.63. The highest BCUT2D eigenvalue weighted by Gasteiger charge is 2.07. The maximum atomic E-state index is 8.89. The third kappa shape index (κ3) is 3.03. The van der Waals surface area contributed by atoms with E-state index in [9.17, 15) is 0 Å². The second-order valence-electron chi connectivity index (χ2n) is 4.29.